The van der Waals surface area contributed by atoms with Crippen LogP contribution in [0.5, 0.6) is 5.75 Å². The Morgan fingerprint density at radius 1 is 0.963 bits per heavy atom. The van der Waals surface area contributed by atoms with E-state index in [2.05, 4.69) is 43.0 Å². The Balaban J connectivity index is 1.66. The van der Waals surface area contributed by atoms with Crippen LogP contribution in [0.2, 0.25) is 0 Å². The first-order chi connectivity index (χ1) is 13.1. The van der Waals surface area contributed by atoms with Gasteiger partial charge in [0.15, 0.2) is 6.73 Å². The summed E-state index contributed by atoms with van der Waals surface area (Å²) in [7, 11) is 0. The number of ether oxygens (including phenoxy) is 1. The Bertz CT molecular complexity index is 1110. The van der Waals surface area contributed by atoms with Gasteiger partial charge < -0.3 is 14.1 Å². The zero-order chi connectivity index (χ0) is 18.5. The van der Waals surface area contributed by atoms with Gasteiger partial charge in [0.05, 0.1) is 12.1 Å². The van der Waals surface area contributed by atoms with Crippen LogP contribution in [0.15, 0.2) is 39.5 Å². The fourth-order valence-corrected chi connectivity index (χ4v) is 4.45. The molecule has 138 valence electrons. The molecule has 0 saturated heterocycles. The summed E-state index contributed by atoms with van der Waals surface area (Å²) in [6.45, 7) is 5.44. The molecule has 1 aliphatic heterocycles. The normalized spacial score (nSPS) is 16.0. The highest BCUT2D eigenvalue weighted by Crippen LogP contribution is 2.37. The van der Waals surface area contributed by atoms with Crippen LogP contribution in [0.3, 0.4) is 0 Å². The van der Waals surface area contributed by atoms with Gasteiger partial charge in [0.1, 0.15) is 11.3 Å². The quantitative estimate of drug-likeness (QED) is 0.592. The second kappa shape index (κ2) is 6.15. The van der Waals surface area contributed by atoms with Crippen LogP contribution in [-0.4, -0.2) is 6.73 Å². The Morgan fingerprint density at radius 2 is 1.78 bits per heavy atom. The standard InChI is InChI=1S/C23H23NO3/c1-14-6-5-9-20(15(14)2)24-12-19-21(26-13-24)11-10-17-16-7-3-4-8-18(16)23(25)27-22(17)19/h5-6,9-11H,3-4,7-8,12-13H2,1-2H3. The van der Waals surface area contributed by atoms with E-state index in [1.54, 1.807) is 0 Å². The molecule has 1 aliphatic carbocycles. The molecule has 27 heavy (non-hydrogen) atoms. The van der Waals surface area contributed by atoms with Gasteiger partial charge in [-0.25, -0.2) is 4.79 Å². The van der Waals surface area contributed by atoms with Gasteiger partial charge in [-0.3, -0.25) is 0 Å². The van der Waals surface area contributed by atoms with Gasteiger partial charge >= 0.3 is 5.63 Å². The third-order valence-electron chi connectivity index (χ3n) is 6.09. The van der Waals surface area contributed by atoms with Crippen molar-refractivity contribution < 1.29 is 9.15 Å². The van der Waals surface area contributed by atoms with Gasteiger partial charge in [-0.1, -0.05) is 12.1 Å². The van der Waals surface area contributed by atoms with E-state index < -0.39 is 0 Å². The van der Waals surface area contributed by atoms with E-state index in [0.717, 1.165) is 53.6 Å². The first kappa shape index (κ1) is 16.4. The van der Waals surface area contributed by atoms with E-state index >= 15 is 0 Å². The molecule has 2 aliphatic rings. The van der Waals surface area contributed by atoms with Crippen molar-refractivity contribution in [3.63, 3.8) is 0 Å². The molecule has 0 N–H and O–H groups in total. The van der Waals surface area contributed by atoms with Crippen molar-refractivity contribution >= 4 is 16.7 Å². The van der Waals surface area contributed by atoms with Crippen LogP contribution < -0.4 is 15.3 Å². The lowest BCUT2D eigenvalue weighted by Gasteiger charge is -2.32. The van der Waals surface area contributed by atoms with Crippen molar-refractivity contribution in [2.75, 3.05) is 11.6 Å². The summed E-state index contributed by atoms with van der Waals surface area (Å²) >= 11 is 0. The average Bonchev–Trinajstić information content (AvgIpc) is 2.70. The van der Waals surface area contributed by atoms with E-state index in [1.807, 2.05) is 6.07 Å². The Morgan fingerprint density at radius 3 is 2.63 bits per heavy atom. The van der Waals surface area contributed by atoms with Crippen LogP contribution in [0, 0.1) is 13.8 Å². The molecule has 0 bridgehead atoms. The number of rotatable bonds is 1. The van der Waals surface area contributed by atoms with Crippen LogP contribution in [-0.2, 0) is 19.4 Å². The first-order valence-electron chi connectivity index (χ1n) is 9.68. The third-order valence-corrected chi connectivity index (χ3v) is 6.09. The number of fused-ring (bicyclic) bond motifs is 5. The third kappa shape index (κ3) is 2.54. The lowest BCUT2D eigenvalue weighted by Crippen LogP contribution is -2.32. The van der Waals surface area contributed by atoms with Crippen LogP contribution in [0.1, 0.15) is 40.7 Å². The molecular formula is C23H23NO3. The number of benzene rings is 2. The van der Waals surface area contributed by atoms with Crippen molar-refractivity contribution in [1.29, 1.82) is 0 Å². The van der Waals surface area contributed by atoms with Gasteiger partial charge in [0, 0.05) is 16.6 Å². The fourth-order valence-electron chi connectivity index (χ4n) is 4.45. The predicted molar refractivity (Wildman–Crippen MR) is 107 cm³/mol. The van der Waals surface area contributed by atoms with Gasteiger partial charge in [-0.05, 0) is 74.4 Å². The van der Waals surface area contributed by atoms with Crippen molar-refractivity contribution in [1.82, 2.24) is 0 Å². The van der Waals surface area contributed by atoms with E-state index in [0.29, 0.717) is 18.9 Å². The molecule has 0 radical (unpaired) electrons. The molecule has 0 amide bonds. The van der Waals surface area contributed by atoms with Crippen molar-refractivity contribution in [2.45, 2.75) is 46.1 Å². The summed E-state index contributed by atoms with van der Waals surface area (Å²) in [5.41, 5.74) is 7.24. The zero-order valence-corrected chi connectivity index (χ0v) is 15.8. The molecule has 0 spiro atoms. The van der Waals surface area contributed by atoms with E-state index in [9.17, 15) is 4.79 Å². The molecule has 4 nitrogen and oxygen atoms in total. The van der Waals surface area contributed by atoms with Crippen molar-refractivity contribution in [3.05, 3.63) is 68.6 Å². The highest BCUT2D eigenvalue weighted by Gasteiger charge is 2.26. The number of hydrogen-bond donors (Lipinski definition) is 0. The molecule has 0 atom stereocenters. The highest BCUT2D eigenvalue weighted by atomic mass is 16.5. The lowest BCUT2D eigenvalue weighted by atomic mass is 9.90. The van der Waals surface area contributed by atoms with Gasteiger partial charge in [0.25, 0.3) is 0 Å². The summed E-state index contributed by atoms with van der Waals surface area (Å²) < 4.78 is 11.9. The van der Waals surface area contributed by atoms with E-state index in [-0.39, 0.29) is 5.63 Å². The molecule has 4 heteroatoms. The first-order valence-corrected chi connectivity index (χ1v) is 9.68. The summed E-state index contributed by atoms with van der Waals surface area (Å²) in [4.78, 5) is 14.8. The van der Waals surface area contributed by atoms with Gasteiger partial charge in [0.2, 0.25) is 0 Å². The summed E-state index contributed by atoms with van der Waals surface area (Å²) in [6, 6.07) is 10.4. The van der Waals surface area contributed by atoms with Crippen LogP contribution in [0.4, 0.5) is 5.69 Å². The highest BCUT2D eigenvalue weighted by molar-refractivity contribution is 5.87. The molecule has 2 heterocycles. The minimum atomic E-state index is -0.172. The summed E-state index contributed by atoms with van der Waals surface area (Å²) in [5, 5.41) is 1.08. The maximum Gasteiger partial charge on any atom is 0.339 e. The number of aryl methyl sites for hydroxylation is 2. The largest absolute Gasteiger partial charge is 0.473 e. The number of anilines is 1. The van der Waals surface area contributed by atoms with E-state index in [4.69, 9.17) is 9.15 Å². The molecule has 1 aromatic heterocycles. The minimum absolute atomic E-state index is 0.172. The molecule has 5 rings (SSSR count). The Hall–Kier alpha value is -2.75. The second-order valence-corrected chi connectivity index (χ2v) is 7.66. The maximum atomic E-state index is 12.6. The predicted octanol–water partition coefficient (Wildman–Crippen LogP) is 4.65. The molecule has 0 unspecified atom stereocenters. The van der Waals surface area contributed by atoms with Gasteiger partial charge in [-0.2, -0.15) is 0 Å². The smallest absolute Gasteiger partial charge is 0.339 e. The van der Waals surface area contributed by atoms with Crippen molar-refractivity contribution in [2.24, 2.45) is 0 Å². The number of nitrogens with zero attached hydrogens (tertiary/aromatic N) is 1. The topological polar surface area (TPSA) is 42.7 Å². The maximum absolute atomic E-state index is 12.6. The fraction of sp³-hybridized carbons (Fsp3) is 0.348. The van der Waals surface area contributed by atoms with E-state index in [1.165, 1.54) is 16.7 Å². The SMILES string of the molecule is Cc1cccc(N2COc3ccc4c5c(c(=O)oc4c3C2)CCCC5)c1C. The summed E-state index contributed by atoms with van der Waals surface area (Å²) in [5.74, 6) is 0.822. The second-order valence-electron chi connectivity index (χ2n) is 7.66. The zero-order valence-electron chi connectivity index (χ0n) is 15.8. The Labute approximate surface area is 158 Å². The van der Waals surface area contributed by atoms with Gasteiger partial charge in [-0.15, -0.1) is 0 Å². The monoisotopic (exact) mass is 361 g/mol. The lowest BCUT2D eigenvalue weighted by molar-refractivity contribution is 0.289. The number of hydrogen-bond acceptors (Lipinski definition) is 4. The van der Waals surface area contributed by atoms with Crippen molar-refractivity contribution in [3.8, 4) is 5.75 Å². The molecular weight excluding hydrogens is 338 g/mol. The molecule has 0 saturated carbocycles. The molecule has 2 aromatic carbocycles. The summed E-state index contributed by atoms with van der Waals surface area (Å²) in [6.07, 6.45) is 3.99. The van der Waals surface area contributed by atoms with Crippen LogP contribution in [0.25, 0.3) is 11.0 Å². The minimum Gasteiger partial charge on any atom is -0.473 e. The Kier molecular flexibility index (Phi) is 3.74. The molecule has 0 fully saturated rings. The molecule has 3 aromatic rings. The van der Waals surface area contributed by atoms with Crippen LogP contribution >= 0.6 is 0 Å². The average molecular weight is 361 g/mol.